The molecule has 0 saturated heterocycles. The van der Waals surface area contributed by atoms with Crippen LogP contribution >= 0.6 is 0 Å². The summed E-state index contributed by atoms with van der Waals surface area (Å²) in [5.74, 6) is 0.917. The van der Waals surface area contributed by atoms with E-state index in [1.165, 1.54) is 6.42 Å². The van der Waals surface area contributed by atoms with Gasteiger partial charge in [-0.15, -0.1) is 0 Å². The largest absolute Gasteiger partial charge is 0.497 e. The van der Waals surface area contributed by atoms with E-state index in [1.54, 1.807) is 35.1 Å². The maximum atomic E-state index is 13.8. The Bertz CT molecular complexity index is 1180. The highest BCUT2D eigenvalue weighted by molar-refractivity contribution is 6.00. The van der Waals surface area contributed by atoms with Crippen molar-refractivity contribution in [2.75, 3.05) is 7.11 Å². The lowest BCUT2D eigenvalue weighted by molar-refractivity contribution is -0.134. The molecule has 5 rings (SSSR count). The zero-order valence-electron chi connectivity index (χ0n) is 19.6. The molecule has 8 heteroatoms. The first-order valence-electron chi connectivity index (χ1n) is 11.9. The summed E-state index contributed by atoms with van der Waals surface area (Å²) in [6.07, 6.45) is 6.96. The van der Waals surface area contributed by atoms with Crippen molar-refractivity contribution in [1.29, 1.82) is 0 Å². The summed E-state index contributed by atoms with van der Waals surface area (Å²) >= 11 is 0. The molecule has 0 unspecified atom stereocenters. The average Bonchev–Trinajstić information content (AvgIpc) is 3.53. The summed E-state index contributed by atoms with van der Waals surface area (Å²) in [7, 11) is 1.61. The Labute approximate surface area is 198 Å². The predicted molar refractivity (Wildman–Crippen MR) is 126 cm³/mol. The highest BCUT2D eigenvalue weighted by atomic mass is 16.5. The third-order valence-electron chi connectivity index (χ3n) is 6.98. The average molecular weight is 463 g/mol. The second kappa shape index (κ2) is 9.00. The van der Waals surface area contributed by atoms with Crippen LogP contribution in [0.4, 0.5) is 0 Å². The van der Waals surface area contributed by atoms with E-state index in [-0.39, 0.29) is 30.9 Å². The molecule has 1 fully saturated rings. The Morgan fingerprint density at radius 2 is 2.03 bits per heavy atom. The SMILES string of the molecule is COc1cccc(CN2C(=O)c3cc(-c4ccco4)nn3C[C@@]2(C)C(=O)NC2CCCCC2)c1. The number of rotatable bonds is 6. The van der Waals surface area contributed by atoms with Crippen LogP contribution in [0.1, 0.15) is 55.1 Å². The molecule has 1 aliphatic heterocycles. The molecule has 34 heavy (non-hydrogen) atoms. The molecule has 1 aromatic carbocycles. The molecule has 2 aliphatic rings. The number of benzene rings is 1. The molecule has 2 amide bonds. The summed E-state index contributed by atoms with van der Waals surface area (Å²) in [4.78, 5) is 29.2. The molecule has 1 saturated carbocycles. The van der Waals surface area contributed by atoms with E-state index < -0.39 is 5.54 Å². The summed E-state index contributed by atoms with van der Waals surface area (Å²) < 4.78 is 12.5. The molecular weight excluding hydrogens is 432 g/mol. The van der Waals surface area contributed by atoms with Gasteiger partial charge in [-0.05, 0) is 49.6 Å². The molecule has 8 nitrogen and oxygen atoms in total. The minimum atomic E-state index is -1.10. The number of ether oxygens (including phenoxy) is 1. The lowest BCUT2D eigenvalue weighted by Gasteiger charge is -2.44. The van der Waals surface area contributed by atoms with Gasteiger partial charge in [0.15, 0.2) is 5.76 Å². The van der Waals surface area contributed by atoms with Crippen molar-refractivity contribution >= 4 is 11.8 Å². The number of hydrogen-bond donors (Lipinski definition) is 1. The Hall–Kier alpha value is -3.55. The number of carbonyl (C=O) groups is 2. The first-order chi connectivity index (χ1) is 16.5. The molecule has 3 heterocycles. The molecule has 0 radical (unpaired) electrons. The van der Waals surface area contributed by atoms with E-state index in [4.69, 9.17) is 9.15 Å². The van der Waals surface area contributed by atoms with Gasteiger partial charge in [0, 0.05) is 18.7 Å². The fourth-order valence-corrected chi connectivity index (χ4v) is 4.98. The quantitative estimate of drug-likeness (QED) is 0.598. The van der Waals surface area contributed by atoms with Crippen LogP contribution in [0.2, 0.25) is 0 Å². The third kappa shape index (κ3) is 4.08. The Balaban J connectivity index is 1.50. The standard InChI is InChI=1S/C26H30N4O4/c1-26(25(32)27-19-9-4-3-5-10-19)17-30-22(15-21(28-30)23-12-7-13-34-23)24(31)29(26)16-18-8-6-11-20(14-18)33-2/h6-8,11-15,19H,3-5,9-10,16-17H2,1-2H3,(H,27,32)/t26-/m0/s1. The number of methoxy groups -OCH3 is 1. The van der Waals surface area contributed by atoms with Crippen LogP contribution in [0.15, 0.2) is 53.1 Å². The Morgan fingerprint density at radius 3 is 2.76 bits per heavy atom. The number of hydrogen-bond acceptors (Lipinski definition) is 5. The topological polar surface area (TPSA) is 89.6 Å². The van der Waals surface area contributed by atoms with E-state index in [0.717, 1.165) is 31.2 Å². The number of carbonyl (C=O) groups excluding carboxylic acids is 2. The van der Waals surface area contributed by atoms with Gasteiger partial charge in [-0.3, -0.25) is 14.3 Å². The van der Waals surface area contributed by atoms with Crippen LogP contribution in [0.25, 0.3) is 11.5 Å². The Kier molecular flexibility index (Phi) is 5.89. The highest BCUT2D eigenvalue weighted by Crippen LogP contribution is 2.32. The van der Waals surface area contributed by atoms with Crippen molar-refractivity contribution in [2.24, 2.45) is 0 Å². The van der Waals surface area contributed by atoms with Crippen molar-refractivity contribution < 1.29 is 18.7 Å². The Morgan fingerprint density at radius 1 is 1.21 bits per heavy atom. The highest BCUT2D eigenvalue weighted by Gasteiger charge is 2.48. The van der Waals surface area contributed by atoms with E-state index in [2.05, 4.69) is 10.4 Å². The van der Waals surface area contributed by atoms with Gasteiger partial charge in [-0.1, -0.05) is 31.4 Å². The smallest absolute Gasteiger partial charge is 0.273 e. The van der Waals surface area contributed by atoms with Crippen LogP contribution in [-0.4, -0.2) is 45.2 Å². The zero-order chi connectivity index (χ0) is 23.7. The lowest BCUT2D eigenvalue weighted by atomic mass is 9.91. The maximum Gasteiger partial charge on any atom is 0.273 e. The van der Waals surface area contributed by atoms with Crippen LogP contribution in [-0.2, 0) is 17.9 Å². The zero-order valence-corrected chi connectivity index (χ0v) is 19.6. The third-order valence-corrected chi connectivity index (χ3v) is 6.98. The van der Waals surface area contributed by atoms with Gasteiger partial charge in [0.25, 0.3) is 5.91 Å². The molecule has 3 aromatic rings. The number of fused-ring (bicyclic) bond motifs is 1. The van der Waals surface area contributed by atoms with Gasteiger partial charge < -0.3 is 19.4 Å². The minimum absolute atomic E-state index is 0.142. The fraction of sp³-hybridized carbons (Fsp3) is 0.423. The maximum absolute atomic E-state index is 13.8. The number of amides is 2. The minimum Gasteiger partial charge on any atom is -0.497 e. The summed E-state index contributed by atoms with van der Waals surface area (Å²) in [5.41, 5.74) is 0.810. The summed E-state index contributed by atoms with van der Waals surface area (Å²) in [6, 6.07) is 13.1. The number of furan rings is 1. The van der Waals surface area contributed by atoms with Gasteiger partial charge in [-0.25, -0.2) is 0 Å². The monoisotopic (exact) mass is 462 g/mol. The molecule has 1 aliphatic carbocycles. The van der Waals surface area contributed by atoms with Crippen molar-refractivity contribution in [3.63, 3.8) is 0 Å². The van der Waals surface area contributed by atoms with Crippen LogP contribution in [0.3, 0.4) is 0 Å². The molecule has 1 N–H and O–H groups in total. The number of aromatic nitrogens is 2. The number of nitrogens with zero attached hydrogens (tertiary/aromatic N) is 3. The van der Waals surface area contributed by atoms with Crippen molar-refractivity contribution in [3.05, 3.63) is 60.0 Å². The van der Waals surface area contributed by atoms with Crippen molar-refractivity contribution in [1.82, 2.24) is 20.0 Å². The fourth-order valence-electron chi connectivity index (χ4n) is 4.98. The van der Waals surface area contributed by atoms with Crippen molar-refractivity contribution in [3.8, 4) is 17.2 Å². The van der Waals surface area contributed by atoms with Gasteiger partial charge in [-0.2, -0.15) is 5.10 Å². The summed E-state index contributed by atoms with van der Waals surface area (Å²) in [6.45, 7) is 2.38. The van der Waals surface area contributed by atoms with Gasteiger partial charge in [0.05, 0.1) is 19.9 Å². The van der Waals surface area contributed by atoms with E-state index in [1.807, 2.05) is 37.3 Å². The second-order valence-electron chi connectivity index (χ2n) is 9.37. The predicted octanol–water partition coefficient (Wildman–Crippen LogP) is 4.02. The van der Waals surface area contributed by atoms with E-state index in [9.17, 15) is 9.59 Å². The molecule has 0 spiro atoms. The van der Waals surface area contributed by atoms with E-state index in [0.29, 0.717) is 22.9 Å². The van der Waals surface area contributed by atoms with Gasteiger partial charge in [0.1, 0.15) is 22.7 Å². The normalized spacial score (nSPS) is 20.8. The molecule has 2 aromatic heterocycles. The molecule has 178 valence electrons. The molecule has 1 atom stereocenters. The van der Waals surface area contributed by atoms with Crippen LogP contribution in [0.5, 0.6) is 5.75 Å². The van der Waals surface area contributed by atoms with Crippen LogP contribution < -0.4 is 10.1 Å². The van der Waals surface area contributed by atoms with Crippen molar-refractivity contribution in [2.45, 2.75) is 63.7 Å². The van der Waals surface area contributed by atoms with Gasteiger partial charge >= 0.3 is 0 Å². The first kappa shape index (κ1) is 22.3. The van der Waals surface area contributed by atoms with Gasteiger partial charge in [0.2, 0.25) is 5.91 Å². The first-order valence-corrected chi connectivity index (χ1v) is 11.9. The molecule has 0 bridgehead atoms. The summed E-state index contributed by atoms with van der Waals surface area (Å²) in [5, 5.41) is 7.85. The molecular formula is C26H30N4O4. The number of nitrogens with one attached hydrogen (secondary N) is 1. The van der Waals surface area contributed by atoms with Crippen LogP contribution in [0, 0.1) is 0 Å². The lowest BCUT2D eigenvalue weighted by Crippen LogP contribution is -2.64. The second-order valence-corrected chi connectivity index (χ2v) is 9.37. The van der Waals surface area contributed by atoms with E-state index >= 15 is 0 Å².